The van der Waals surface area contributed by atoms with Crippen LogP contribution in [0.25, 0.3) is 0 Å². The molecule has 0 saturated carbocycles. The van der Waals surface area contributed by atoms with Gasteiger partial charge in [-0.05, 0) is 24.8 Å². The molecule has 0 fully saturated rings. The van der Waals surface area contributed by atoms with Gasteiger partial charge in [0.1, 0.15) is 0 Å². The minimum Gasteiger partial charge on any atom is -0.469 e. The van der Waals surface area contributed by atoms with Crippen molar-refractivity contribution in [1.82, 2.24) is 4.90 Å². The third-order valence-electron chi connectivity index (χ3n) is 1.78. The molecule has 4 nitrogen and oxygen atoms in total. The summed E-state index contributed by atoms with van der Waals surface area (Å²) in [5.74, 6) is -0.399. The van der Waals surface area contributed by atoms with Gasteiger partial charge in [-0.25, -0.2) is 0 Å². The van der Waals surface area contributed by atoms with E-state index in [0.717, 1.165) is 5.57 Å². The van der Waals surface area contributed by atoms with Crippen LogP contribution in [-0.2, 0) is 9.53 Å². The summed E-state index contributed by atoms with van der Waals surface area (Å²) in [6.45, 7) is 1.79. The second kappa shape index (κ2) is 6.66. The van der Waals surface area contributed by atoms with Crippen LogP contribution in [0.3, 0.4) is 0 Å². The number of esters is 1. The molecule has 0 aliphatic heterocycles. The number of rotatable bonds is 4. The highest BCUT2D eigenvalue weighted by Gasteiger charge is 2.07. The number of nitrogens with zero attached hydrogens (tertiary/aromatic N) is 2. The predicted molar refractivity (Wildman–Crippen MR) is 57.8 cm³/mol. The molecule has 82 valence electrons. The molecule has 0 aliphatic rings. The second-order valence-electron chi connectivity index (χ2n) is 3.31. The first-order chi connectivity index (χ1) is 7.01. The normalized spacial score (nSPS) is 11.9. The van der Waals surface area contributed by atoms with Crippen LogP contribution in [0.1, 0.15) is 13.3 Å². The number of nitriles is 1. The van der Waals surface area contributed by atoms with Crippen molar-refractivity contribution in [1.29, 1.82) is 5.26 Å². The van der Waals surface area contributed by atoms with Gasteiger partial charge in [-0.1, -0.05) is 0 Å². The molecule has 15 heavy (non-hydrogen) atoms. The molecule has 0 bridgehead atoms. The first-order valence-corrected chi connectivity index (χ1v) is 4.52. The monoisotopic (exact) mass is 208 g/mol. The molecule has 0 spiro atoms. The van der Waals surface area contributed by atoms with Gasteiger partial charge in [0, 0.05) is 19.7 Å². The van der Waals surface area contributed by atoms with Crippen LogP contribution in [0.15, 0.2) is 23.4 Å². The summed E-state index contributed by atoms with van der Waals surface area (Å²) >= 11 is 0. The first-order valence-electron chi connectivity index (χ1n) is 4.52. The summed E-state index contributed by atoms with van der Waals surface area (Å²) in [4.78, 5) is 12.8. The van der Waals surface area contributed by atoms with Crippen LogP contribution in [-0.4, -0.2) is 32.1 Å². The van der Waals surface area contributed by atoms with E-state index in [-0.39, 0.29) is 6.42 Å². The highest BCUT2D eigenvalue weighted by Crippen LogP contribution is 2.10. The van der Waals surface area contributed by atoms with Crippen LogP contribution < -0.4 is 0 Å². The van der Waals surface area contributed by atoms with Crippen molar-refractivity contribution in [2.24, 2.45) is 0 Å². The lowest BCUT2D eigenvalue weighted by molar-refractivity contribution is -0.139. The van der Waals surface area contributed by atoms with E-state index in [2.05, 4.69) is 4.74 Å². The average Bonchev–Trinajstić information content (AvgIpc) is 2.21. The first kappa shape index (κ1) is 13.2. The van der Waals surface area contributed by atoms with Crippen LogP contribution >= 0.6 is 0 Å². The van der Waals surface area contributed by atoms with Crippen LogP contribution in [0.5, 0.6) is 0 Å². The Kier molecular flexibility index (Phi) is 5.88. The maximum Gasteiger partial charge on any atom is 0.310 e. The number of carbonyl (C=O) groups is 1. The van der Waals surface area contributed by atoms with Crippen LogP contribution in [0, 0.1) is 11.3 Å². The van der Waals surface area contributed by atoms with Crippen LogP contribution in [0.4, 0.5) is 0 Å². The molecule has 0 N–H and O–H groups in total. The highest BCUT2D eigenvalue weighted by molar-refractivity contribution is 5.74. The zero-order valence-corrected chi connectivity index (χ0v) is 9.57. The predicted octanol–water partition coefficient (Wildman–Crippen LogP) is 1.46. The van der Waals surface area contributed by atoms with E-state index in [1.54, 1.807) is 13.0 Å². The number of carbonyl (C=O) groups excluding carboxylic acids is 1. The van der Waals surface area contributed by atoms with Crippen molar-refractivity contribution in [3.8, 4) is 6.07 Å². The Morgan fingerprint density at radius 2 is 2.13 bits per heavy atom. The molecule has 0 aromatic carbocycles. The Bertz CT molecular complexity index is 322. The number of allylic oxidation sites excluding steroid dienone is 2. The fraction of sp³-hybridized carbons (Fsp3) is 0.455. The topological polar surface area (TPSA) is 53.3 Å². The van der Waals surface area contributed by atoms with E-state index in [1.807, 2.05) is 31.3 Å². The van der Waals surface area contributed by atoms with Gasteiger partial charge < -0.3 is 9.64 Å². The molecule has 0 heterocycles. The maximum absolute atomic E-state index is 11.0. The SMILES string of the molecule is COC(=O)C/C(C#N)=C(C)/C=C/N(C)C. The molecule has 0 aliphatic carbocycles. The lowest BCUT2D eigenvalue weighted by atomic mass is 10.1. The minimum absolute atomic E-state index is 0.0244. The molecule has 0 aromatic rings. The molecular formula is C11H16N2O2. The van der Waals surface area contributed by atoms with Crippen molar-refractivity contribution in [3.05, 3.63) is 23.4 Å². The maximum atomic E-state index is 11.0. The fourth-order valence-electron chi connectivity index (χ4n) is 0.845. The lowest BCUT2D eigenvalue weighted by Gasteiger charge is -2.04. The van der Waals surface area contributed by atoms with E-state index in [1.165, 1.54) is 7.11 Å². The summed E-state index contributed by atoms with van der Waals surface area (Å²) in [5.41, 5.74) is 1.21. The van der Waals surface area contributed by atoms with E-state index >= 15 is 0 Å². The number of hydrogen-bond donors (Lipinski definition) is 0. The molecule has 0 aromatic heterocycles. The zero-order chi connectivity index (χ0) is 11.8. The molecule has 0 unspecified atom stereocenters. The van der Waals surface area contributed by atoms with Gasteiger partial charge in [0.25, 0.3) is 0 Å². The molecule has 4 heteroatoms. The summed E-state index contributed by atoms with van der Waals surface area (Å²) in [5, 5.41) is 8.84. The van der Waals surface area contributed by atoms with Crippen molar-refractivity contribution >= 4 is 5.97 Å². The largest absolute Gasteiger partial charge is 0.469 e. The van der Waals surface area contributed by atoms with Gasteiger partial charge in [-0.15, -0.1) is 0 Å². The third-order valence-corrected chi connectivity index (χ3v) is 1.78. The van der Waals surface area contributed by atoms with Gasteiger partial charge in [0.2, 0.25) is 0 Å². The molecule has 0 amide bonds. The van der Waals surface area contributed by atoms with E-state index in [4.69, 9.17) is 5.26 Å². The summed E-state index contributed by atoms with van der Waals surface area (Å²) < 4.78 is 4.50. The van der Waals surface area contributed by atoms with Gasteiger partial charge in [-0.2, -0.15) is 5.26 Å². The number of ether oxygens (including phenoxy) is 1. The van der Waals surface area contributed by atoms with Gasteiger partial charge in [-0.3, -0.25) is 4.79 Å². The Balaban J connectivity index is 4.69. The summed E-state index contributed by atoms with van der Waals surface area (Å²) in [6.07, 6.45) is 3.64. The zero-order valence-electron chi connectivity index (χ0n) is 9.57. The summed E-state index contributed by atoms with van der Waals surface area (Å²) in [6, 6.07) is 2.00. The third kappa shape index (κ3) is 5.53. The van der Waals surface area contributed by atoms with Crippen molar-refractivity contribution in [2.75, 3.05) is 21.2 Å². The number of methoxy groups -OCH3 is 1. The molecule has 0 atom stereocenters. The van der Waals surface area contributed by atoms with Crippen molar-refractivity contribution in [2.45, 2.75) is 13.3 Å². The molecule has 0 radical (unpaired) electrons. The Morgan fingerprint density at radius 1 is 1.53 bits per heavy atom. The van der Waals surface area contributed by atoms with E-state index in [0.29, 0.717) is 5.57 Å². The van der Waals surface area contributed by atoms with Crippen molar-refractivity contribution < 1.29 is 9.53 Å². The van der Waals surface area contributed by atoms with Crippen LogP contribution in [0.2, 0.25) is 0 Å². The molecule has 0 saturated heterocycles. The Morgan fingerprint density at radius 3 is 2.53 bits per heavy atom. The molecular weight excluding hydrogens is 192 g/mol. The highest BCUT2D eigenvalue weighted by atomic mass is 16.5. The smallest absolute Gasteiger partial charge is 0.310 e. The fourth-order valence-corrected chi connectivity index (χ4v) is 0.845. The van der Waals surface area contributed by atoms with E-state index in [9.17, 15) is 4.79 Å². The van der Waals surface area contributed by atoms with Gasteiger partial charge >= 0.3 is 5.97 Å². The lowest BCUT2D eigenvalue weighted by Crippen LogP contribution is -2.03. The Hall–Kier alpha value is -1.76. The van der Waals surface area contributed by atoms with Gasteiger partial charge in [0.15, 0.2) is 0 Å². The molecule has 0 rings (SSSR count). The van der Waals surface area contributed by atoms with Gasteiger partial charge in [0.05, 0.1) is 19.6 Å². The number of hydrogen-bond acceptors (Lipinski definition) is 4. The Labute approximate surface area is 90.4 Å². The quantitative estimate of drug-likeness (QED) is 0.399. The van der Waals surface area contributed by atoms with E-state index < -0.39 is 5.97 Å². The standard InChI is InChI=1S/C11H16N2O2/c1-9(5-6-13(2)3)10(8-12)7-11(14)15-4/h5-6H,7H2,1-4H3/b6-5+,10-9-. The minimum atomic E-state index is -0.399. The summed E-state index contributed by atoms with van der Waals surface area (Å²) in [7, 11) is 5.08. The van der Waals surface area contributed by atoms with Crippen molar-refractivity contribution in [3.63, 3.8) is 0 Å². The average molecular weight is 208 g/mol. The second-order valence-corrected chi connectivity index (χ2v) is 3.31.